The minimum atomic E-state index is -2.24. The van der Waals surface area contributed by atoms with E-state index < -0.39 is 122 Å². The molecule has 0 bridgehead atoms. The normalized spacial score (nSPS) is 25.5. The van der Waals surface area contributed by atoms with Gasteiger partial charge < -0.3 is 52.5 Å². The van der Waals surface area contributed by atoms with Crippen LogP contribution in [0.2, 0.25) is 0 Å². The third-order valence-corrected chi connectivity index (χ3v) is 10.2. The molecule has 19 heteroatoms. The first kappa shape index (κ1) is 49.0. The van der Waals surface area contributed by atoms with Crippen LogP contribution in [0.1, 0.15) is 69.1 Å². The highest BCUT2D eigenvalue weighted by atomic mass is 16.8. The zero-order valence-electron chi connectivity index (χ0n) is 36.4. The van der Waals surface area contributed by atoms with E-state index in [1.807, 2.05) is 0 Å². The first-order valence-electron chi connectivity index (χ1n) is 20.8. The number of carbonyl (C=O) groups excluding carboxylic acids is 8. The Balaban J connectivity index is 1.54. The fraction of sp³-hybridized carbons (Fsp3) is 0.333. The van der Waals surface area contributed by atoms with Crippen molar-refractivity contribution in [1.82, 2.24) is 0 Å². The van der Waals surface area contributed by atoms with Crippen molar-refractivity contribution in [2.45, 2.75) is 95.0 Å². The summed E-state index contributed by atoms with van der Waals surface area (Å²) in [6.45, 7) is 3.40. The van der Waals surface area contributed by atoms with E-state index >= 15 is 0 Å². The SMILES string of the molecule is CC(=O)OC[C@H]1O[C@H](O[C@@H]2[C@@H](O)[C@H](OC(=O)c3ccccc3)[C@@H](OC(=O)c3ccccc3)[C@@H](OC(=O)c3ccccc3)[C@@H]2OC(=O)c2ccccc2)[C@@H](OC(C)=O)[C@@H](OC(C)=O)[C@@H]1OC(C)=O. The molecule has 1 aliphatic heterocycles. The summed E-state index contributed by atoms with van der Waals surface area (Å²) in [4.78, 5) is 106. The van der Waals surface area contributed by atoms with Gasteiger partial charge in [0.1, 0.15) is 24.9 Å². The number of aliphatic hydroxyl groups excluding tert-OH is 1. The average Bonchev–Trinajstić information content (AvgIpc) is 3.31. The smallest absolute Gasteiger partial charge is 0.338 e. The molecule has 1 saturated heterocycles. The summed E-state index contributed by atoms with van der Waals surface area (Å²) in [5.74, 6) is -7.97. The highest BCUT2D eigenvalue weighted by Gasteiger charge is 2.61. The highest BCUT2D eigenvalue weighted by molar-refractivity contribution is 5.92. The van der Waals surface area contributed by atoms with Crippen LogP contribution in [0.3, 0.4) is 0 Å². The maximum Gasteiger partial charge on any atom is 0.338 e. The standard InChI is InChI=1S/C48H46O19/c1-26(49)58-25-34-36(59-27(2)50)39(60-28(3)51)43(61-29(4)52)48(62-34)67-38-35(53)37(63-44(54)30-17-9-5-10-18-30)40(64-45(55)31-19-11-6-12-20-31)42(66-47(57)33-23-15-8-16-24-33)41(38)65-46(56)32-21-13-7-14-22-32/h5-24,34-43,48,53H,25H2,1-4H3/t34-,35+,36-,37+,38-,39+,40-,41-,42-,43+,48-/m1/s1. The molecule has 0 spiro atoms. The number of esters is 8. The van der Waals surface area contributed by atoms with E-state index in [2.05, 4.69) is 0 Å². The summed E-state index contributed by atoms with van der Waals surface area (Å²) in [6.07, 6.45) is -21.3. The van der Waals surface area contributed by atoms with Gasteiger partial charge in [-0.15, -0.1) is 0 Å². The van der Waals surface area contributed by atoms with Crippen LogP contribution in [0.5, 0.6) is 0 Å². The molecular weight excluding hydrogens is 881 g/mol. The Hall–Kier alpha value is -7.48. The van der Waals surface area contributed by atoms with Crippen LogP contribution in [0, 0.1) is 0 Å². The van der Waals surface area contributed by atoms with Crippen LogP contribution >= 0.6 is 0 Å². The van der Waals surface area contributed by atoms with Crippen molar-refractivity contribution >= 4 is 47.8 Å². The van der Waals surface area contributed by atoms with E-state index in [0.717, 1.165) is 27.7 Å². The molecule has 0 amide bonds. The minimum Gasteiger partial charge on any atom is -0.463 e. The van der Waals surface area contributed by atoms with Crippen molar-refractivity contribution in [3.8, 4) is 0 Å². The van der Waals surface area contributed by atoms with Gasteiger partial charge in [-0.2, -0.15) is 0 Å². The molecule has 4 aromatic carbocycles. The lowest BCUT2D eigenvalue weighted by Crippen LogP contribution is -2.70. The highest BCUT2D eigenvalue weighted by Crippen LogP contribution is 2.38. The summed E-state index contributed by atoms with van der Waals surface area (Å²) in [6, 6.07) is 29.9. The Kier molecular flexibility index (Phi) is 16.5. The zero-order valence-corrected chi connectivity index (χ0v) is 36.4. The van der Waals surface area contributed by atoms with Crippen LogP contribution in [-0.2, 0) is 66.5 Å². The van der Waals surface area contributed by atoms with Gasteiger partial charge in [0, 0.05) is 27.7 Å². The monoisotopic (exact) mass is 926 g/mol. The van der Waals surface area contributed by atoms with Crippen LogP contribution < -0.4 is 0 Å². The summed E-state index contributed by atoms with van der Waals surface area (Å²) in [5, 5.41) is 12.6. The van der Waals surface area contributed by atoms with Gasteiger partial charge in [0.15, 0.2) is 49.0 Å². The third-order valence-electron chi connectivity index (χ3n) is 10.2. The Morgan fingerprint density at radius 2 is 0.716 bits per heavy atom. The molecule has 67 heavy (non-hydrogen) atoms. The number of benzene rings is 4. The topological polar surface area (TPSA) is 249 Å². The second-order valence-corrected chi connectivity index (χ2v) is 15.1. The van der Waals surface area contributed by atoms with Gasteiger partial charge in [-0.05, 0) is 48.5 Å². The van der Waals surface area contributed by atoms with Gasteiger partial charge in [-0.25, -0.2) is 19.2 Å². The van der Waals surface area contributed by atoms with Gasteiger partial charge in [0.25, 0.3) is 0 Å². The van der Waals surface area contributed by atoms with Crippen molar-refractivity contribution in [3.63, 3.8) is 0 Å². The molecule has 1 saturated carbocycles. The third kappa shape index (κ3) is 12.7. The molecule has 0 unspecified atom stereocenters. The van der Waals surface area contributed by atoms with Gasteiger partial charge >= 0.3 is 47.8 Å². The molecular formula is C48H46O19. The molecule has 1 N–H and O–H groups in total. The Morgan fingerprint density at radius 3 is 1.09 bits per heavy atom. The van der Waals surface area contributed by atoms with E-state index in [1.54, 1.807) is 24.3 Å². The lowest BCUT2D eigenvalue weighted by Gasteiger charge is -2.49. The van der Waals surface area contributed by atoms with Crippen molar-refractivity contribution in [2.24, 2.45) is 0 Å². The van der Waals surface area contributed by atoms with Gasteiger partial charge in [-0.3, -0.25) is 19.2 Å². The van der Waals surface area contributed by atoms with Crippen LogP contribution in [0.25, 0.3) is 0 Å². The first-order valence-corrected chi connectivity index (χ1v) is 20.8. The number of rotatable bonds is 15. The Morgan fingerprint density at radius 1 is 0.403 bits per heavy atom. The van der Waals surface area contributed by atoms with Gasteiger partial charge in [0.05, 0.1) is 22.3 Å². The maximum absolute atomic E-state index is 14.1. The first-order chi connectivity index (χ1) is 32.1. The number of aliphatic hydroxyl groups is 1. The molecule has 11 atom stereocenters. The van der Waals surface area contributed by atoms with Crippen molar-refractivity contribution < 1.29 is 90.8 Å². The van der Waals surface area contributed by atoms with E-state index in [1.165, 1.54) is 97.1 Å². The fourth-order valence-electron chi connectivity index (χ4n) is 7.35. The minimum absolute atomic E-state index is 0.0213. The Labute approximate surface area is 383 Å². The maximum atomic E-state index is 14.1. The lowest BCUT2D eigenvalue weighted by atomic mass is 9.83. The lowest BCUT2D eigenvalue weighted by molar-refractivity contribution is -0.340. The molecule has 19 nitrogen and oxygen atoms in total. The van der Waals surface area contributed by atoms with Crippen molar-refractivity contribution in [2.75, 3.05) is 6.61 Å². The number of hydrogen-bond donors (Lipinski definition) is 1. The number of carbonyl (C=O) groups is 8. The van der Waals surface area contributed by atoms with Crippen molar-refractivity contribution in [3.05, 3.63) is 144 Å². The van der Waals surface area contributed by atoms with E-state index in [-0.39, 0.29) is 22.3 Å². The van der Waals surface area contributed by atoms with Gasteiger partial charge in [0.2, 0.25) is 0 Å². The van der Waals surface area contributed by atoms with E-state index in [0.29, 0.717) is 0 Å². The molecule has 2 fully saturated rings. The summed E-state index contributed by atoms with van der Waals surface area (Å²) in [5.41, 5.74) is -0.140. The molecule has 4 aromatic rings. The molecule has 0 aromatic heterocycles. The molecule has 6 rings (SSSR count). The van der Waals surface area contributed by atoms with Gasteiger partial charge in [-0.1, -0.05) is 72.8 Å². The summed E-state index contributed by atoms with van der Waals surface area (Å²) >= 11 is 0. The van der Waals surface area contributed by atoms with Crippen molar-refractivity contribution in [1.29, 1.82) is 0 Å². The zero-order chi connectivity index (χ0) is 48.2. The molecule has 1 heterocycles. The van der Waals surface area contributed by atoms with E-state index in [9.17, 15) is 43.5 Å². The molecule has 0 radical (unpaired) electrons. The second-order valence-electron chi connectivity index (χ2n) is 15.1. The summed E-state index contributed by atoms with van der Waals surface area (Å²) in [7, 11) is 0. The van der Waals surface area contributed by atoms with E-state index in [4.69, 9.17) is 47.4 Å². The molecule has 1 aliphatic carbocycles. The Bertz CT molecular complexity index is 2380. The predicted octanol–water partition coefficient (Wildman–Crippen LogP) is 3.73. The second kappa shape index (κ2) is 22.6. The molecule has 352 valence electrons. The number of hydrogen-bond acceptors (Lipinski definition) is 19. The van der Waals surface area contributed by atoms with Crippen LogP contribution in [0.15, 0.2) is 121 Å². The fourth-order valence-corrected chi connectivity index (χ4v) is 7.35. The summed E-state index contributed by atoms with van der Waals surface area (Å²) < 4.78 is 58.6. The predicted molar refractivity (Wildman–Crippen MR) is 225 cm³/mol. The van der Waals surface area contributed by atoms with Crippen LogP contribution in [-0.4, -0.2) is 127 Å². The average molecular weight is 927 g/mol. The quantitative estimate of drug-likeness (QED) is 0.132. The largest absolute Gasteiger partial charge is 0.463 e. The number of ether oxygens (including phenoxy) is 10. The molecule has 2 aliphatic rings. The van der Waals surface area contributed by atoms with Crippen LogP contribution in [0.4, 0.5) is 0 Å².